The Kier molecular flexibility index (Phi) is 10.00. The summed E-state index contributed by atoms with van der Waals surface area (Å²) in [5.41, 5.74) is 1.89. The van der Waals surface area contributed by atoms with Gasteiger partial charge >= 0.3 is 6.09 Å². The predicted octanol–water partition coefficient (Wildman–Crippen LogP) is 5.67. The number of rotatable bonds is 10. The van der Waals surface area contributed by atoms with Gasteiger partial charge in [0, 0.05) is 12.6 Å². The number of hydrogen-bond donors (Lipinski definition) is 1. The maximum absolute atomic E-state index is 13.0. The van der Waals surface area contributed by atoms with Crippen LogP contribution in [0.3, 0.4) is 0 Å². The molecule has 0 bridgehead atoms. The van der Waals surface area contributed by atoms with E-state index in [1.165, 1.54) is 6.07 Å². The Hall–Kier alpha value is -3.37. The standard InChI is InChI=1S/C29H31BrN2O6S/c30-26-16-9-15-25(27(26)37-20-22-10-3-1-4-11-22)28(33)31-39(35,36)19-17-24-14-7-8-18-32(24)29(34)38-21-23-12-5-2-6-13-23/h1-6,9-13,15-16,24H,7-8,14,17-21H2,(H,31,33)/t24-/m0/s1. The summed E-state index contributed by atoms with van der Waals surface area (Å²) in [6.07, 6.45) is 2.13. The second kappa shape index (κ2) is 13.6. The van der Waals surface area contributed by atoms with Crippen LogP contribution in [0.5, 0.6) is 5.75 Å². The number of carbonyl (C=O) groups excluding carboxylic acids is 2. The van der Waals surface area contributed by atoms with Crippen LogP contribution in [0.4, 0.5) is 4.79 Å². The fourth-order valence-electron chi connectivity index (χ4n) is 4.45. The average molecular weight is 616 g/mol. The minimum atomic E-state index is -3.98. The molecule has 0 aromatic heterocycles. The van der Waals surface area contributed by atoms with Gasteiger partial charge in [-0.15, -0.1) is 0 Å². The van der Waals surface area contributed by atoms with Crippen LogP contribution in [0.25, 0.3) is 0 Å². The summed E-state index contributed by atoms with van der Waals surface area (Å²) >= 11 is 3.40. The number of amides is 2. The molecule has 1 heterocycles. The molecule has 1 fully saturated rings. The van der Waals surface area contributed by atoms with E-state index in [0.717, 1.165) is 24.0 Å². The smallest absolute Gasteiger partial charge is 0.410 e. The number of nitrogens with one attached hydrogen (secondary N) is 1. The quantitative estimate of drug-likeness (QED) is 0.316. The molecule has 0 radical (unpaired) electrons. The fraction of sp³-hybridized carbons (Fsp3) is 0.310. The second-order valence-electron chi connectivity index (χ2n) is 9.31. The number of benzene rings is 3. The zero-order valence-corrected chi connectivity index (χ0v) is 23.8. The van der Waals surface area contributed by atoms with Crippen molar-refractivity contribution in [1.82, 2.24) is 9.62 Å². The van der Waals surface area contributed by atoms with Crippen molar-refractivity contribution < 1.29 is 27.5 Å². The van der Waals surface area contributed by atoms with Crippen LogP contribution in [0, 0.1) is 0 Å². The minimum Gasteiger partial charge on any atom is -0.487 e. The van der Waals surface area contributed by atoms with Crippen molar-refractivity contribution in [3.63, 3.8) is 0 Å². The Morgan fingerprint density at radius 2 is 1.56 bits per heavy atom. The van der Waals surface area contributed by atoms with E-state index < -0.39 is 22.0 Å². The summed E-state index contributed by atoms with van der Waals surface area (Å²) in [6.45, 7) is 0.873. The molecule has 2 amide bonds. The summed E-state index contributed by atoms with van der Waals surface area (Å²) < 4.78 is 39.9. The lowest BCUT2D eigenvalue weighted by atomic mass is 10.0. The number of likely N-dealkylation sites (tertiary alicyclic amines) is 1. The first-order valence-corrected chi connectivity index (χ1v) is 15.2. The summed E-state index contributed by atoms with van der Waals surface area (Å²) in [6, 6.07) is 23.4. The van der Waals surface area contributed by atoms with Gasteiger partial charge < -0.3 is 14.4 Å². The van der Waals surface area contributed by atoms with Crippen LogP contribution in [0.15, 0.2) is 83.3 Å². The lowest BCUT2D eigenvalue weighted by molar-refractivity contribution is 0.0672. The highest BCUT2D eigenvalue weighted by molar-refractivity contribution is 9.10. The van der Waals surface area contributed by atoms with E-state index in [0.29, 0.717) is 17.4 Å². The van der Waals surface area contributed by atoms with Gasteiger partial charge in [-0.25, -0.2) is 17.9 Å². The first kappa shape index (κ1) is 28.6. The van der Waals surface area contributed by atoms with Gasteiger partial charge in [0.15, 0.2) is 0 Å². The molecule has 4 rings (SSSR count). The molecule has 3 aromatic rings. The van der Waals surface area contributed by atoms with Crippen LogP contribution >= 0.6 is 15.9 Å². The number of piperidine rings is 1. The molecule has 0 saturated carbocycles. The lowest BCUT2D eigenvalue weighted by Gasteiger charge is -2.34. The molecule has 0 unspecified atom stereocenters. The number of hydrogen-bond acceptors (Lipinski definition) is 6. The van der Waals surface area contributed by atoms with Gasteiger partial charge in [-0.2, -0.15) is 0 Å². The first-order chi connectivity index (χ1) is 18.8. The highest BCUT2D eigenvalue weighted by atomic mass is 79.9. The van der Waals surface area contributed by atoms with Gasteiger partial charge in [0.05, 0.1) is 15.8 Å². The van der Waals surface area contributed by atoms with E-state index >= 15 is 0 Å². The molecular weight excluding hydrogens is 584 g/mol. The summed E-state index contributed by atoms with van der Waals surface area (Å²) in [5, 5.41) is 0. The number of carbonyl (C=O) groups is 2. The molecule has 3 aromatic carbocycles. The van der Waals surface area contributed by atoms with E-state index in [1.54, 1.807) is 17.0 Å². The molecule has 1 aliphatic rings. The molecule has 10 heteroatoms. The van der Waals surface area contributed by atoms with Gasteiger partial charge in [-0.05, 0) is 64.9 Å². The first-order valence-electron chi connectivity index (χ1n) is 12.8. The van der Waals surface area contributed by atoms with Crippen LogP contribution in [-0.4, -0.2) is 43.7 Å². The lowest BCUT2D eigenvalue weighted by Crippen LogP contribution is -2.45. The van der Waals surface area contributed by atoms with Gasteiger partial charge in [0.25, 0.3) is 5.91 Å². The molecule has 8 nitrogen and oxygen atoms in total. The molecule has 1 atom stereocenters. The van der Waals surface area contributed by atoms with E-state index in [9.17, 15) is 18.0 Å². The molecule has 1 aliphatic heterocycles. The Balaban J connectivity index is 1.35. The summed E-state index contributed by atoms with van der Waals surface area (Å²) in [7, 11) is -3.98. The zero-order chi connectivity index (χ0) is 27.7. The molecule has 0 aliphatic carbocycles. The van der Waals surface area contributed by atoms with Crippen molar-refractivity contribution in [2.24, 2.45) is 0 Å². The van der Waals surface area contributed by atoms with E-state index in [4.69, 9.17) is 9.47 Å². The van der Waals surface area contributed by atoms with Crippen molar-refractivity contribution in [2.75, 3.05) is 12.3 Å². The third-order valence-electron chi connectivity index (χ3n) is 6.47. The van der Waals surface area contributed by atoms with Crippen molar-refractivity contribution in [3.05, 3.63) is 100 Å². The SMILES string of the molecule is O=C(NS(=O)(=O)CC[C@@H]1CCCCN1C(=O)OCc1ccccc1)c1cccc(Br)c1OCc1ccccc1. The number of halogens is 1. The Morgan fingerprint density at radius 3 is 2.26 bits per heavy atom. The van der Waals surface area contributed by atoms with Crippen LogP contribution in [-0.2, 0) is 28.0 Å². The Bertz CT molecular complexity index is 1370. The monoisotopic (exact) mass is 614 g/mol. The summed E-state index contributed by atoms with van der Waals surface area (Å²) in [4.78, 5) is 27.4. The van der Waals surface area contributed by atoms with Gasteiger partial charge in [-0.3, -0.25) is 4.79 Å². The largest absolute Gasteiger partial charge is 0.487 e. The van der Waals surface area contributed by atoms with Crippen molar-refractivity contribution >= 4 is 38.0 Å². The highest BCUT2D eigenvalue weighted by Crippen LogP contribution is 2.30. The number of ether oxygens (including phenoxy) is 2. The van der Waals surface area contributed by atoms with Gasteiger partial charge in [-0.1, -0.05) is 66.7 Å². The molecule has 1 saturated heterocycles. The van der Waals surface area contributed by atoms with Crippen LogP contribution < -0.4 is 9.46 Å². The van der Waals surface area contributed by atoms with Crippen LogP contribution in [0.1, 0.15) is 47.2 Å². The second-order valence-corrected chi connectivity index (χ2v) is 12.0. The maximum atomic E-state index is 13.0. The summed E-state index contributed by atoms with van der Waals surface area (Å²) in [5.74, 6) is -0.823. The van der Waals surface area contributed by atoms with Crippen molar-refractivity contribution in [2.45, 2.75) is 44.9 Å². The Labute approximate surface area is 237 Å². The van der Waals surface area contributed by atoms with Gasteiger partial charge in [0.1, 0.15) is 19.0 Å². The number of para-hydroxylation sites is 1. The zero-order valence-electron chi connectivity index (χ0n) is 21.4. The van der Waals surface area contributed by atoms with Crippen molar-refractivity contribution in [1.29, 1.82) is 0 Å². The molecule has 1 N–H and O–H groups in total. The molecular formula is C29H31BrN2O6S. The van der Waals surface area contributed by atoms with Crippen LogP contribution in [0.2, 0.25) is 0 Å². The maximum Gasteiger partial charge on any atom is 0.410 e. The van der Waals surface area contributed by atoms with Crippen molar-refractivity contribution in [3.8, 4) is 5.75 Å². The fourth-order valence-corrected chi connectivity index (χ4v) is 6.00. The predicted molar refractivity (Wildman–Crippen MR) is 152 cm³/mol. The molecule has 206 valence electrons. The van der Waals surface area contributed by atoms with E-state index in [1.807, 2.05) is 60.7 Å². The molecule has 39 heavy (non-hydrogen) atoms. The normalized spacial score (nSPS) is 15.4. The van der Waals surface area contributed by atoms with E-state index in [2.05, 4.69) is 20.7 Å². The highest BCUT2D eigenvalue weighted by Gasteiger charge is 2.30. The third-order valence-corrected chi connectivity index (χ3v) is 8.37. The topological polar surface area (TPSA) is 102 Å². The molecule has 0 spiro atoms. The number of sulfonamides is 1. The third kappa shape index (κ3) is 8.31. The average Bonchev–Trinajstić information content (AvgIpc) is 2.95. The number of nitrogens with zero attached hydrogens (tertiary/aromatic N) is 1. The minimum absolute atomic E-state index is 0.104. The van der Waals surface area contributed by atoms with Gasteiger partial charge in [0.2, 0.25) is 10.0 Å². The van der Waals surface area contributed by atoms with E-state index in [-0.39, 0.29) is 42.7 Å². The Morgan fingerprint density at radius 1 is 0.897 bits per heavy atom.